The number of aliphatic carboxylic acids is 1. The van der Waals surface area contributed by atoms with Crippen LogP contribution in [-0.4, -0.2) is 17.7 Å². The molecule has 1 aromatic carbocycles. The van der Waals surface area contributed by atoms with E-state index in [0.717, 1.165) is 16.9 Å². The standard InChI is InChI=1S/C14H18O3/c1-10-8-11(2)14(12(3)9-10)17-7-5-4-6-13(15)16/h4-5,8-9H,6-7H2,1-3H3,(H,15,16)/b5-4+. The van der Waals surface area contributed by atoms with Gasteiger partial charge in [0.15, 0.2) is 0 Å². The Morgan fingerprint density at radius 1 is 1.24 bits per heavy atom. The first-order valence-electron chi connectivity index (χ1n) is 5.58. The summed E-state index contributed by atoms with van der Waals surface area (Å²) in [5.74, 6) is 0.0551. The summed E-state index contributed by atoms with van der Waals surface area (Å²) in [4.78, 5) is 10.3. The van der Waals surface area contributed by atoms with Gasteiger partial charge in [0.25, 0.3) is 0 Å². The fraction of sp³-hybridized carbons (Fsp3) is 0.357. The van der Waals surface area contributed by atoms with Crippen molar-refractivity contribution in [3.63, 3.8) is 0 Å². The van der Waals surface area contributed by atoms with Crippen LogP contribution in [0.1, 0.15) is 23.1 Å². The van der Waals surface area contributed by atoms with E-state index in [9.17, 15) is 4.79 Å². The summed E-state index contributed by atoms with van der Waals surface area (Å²) in [6.07, 6.45) is 3.36. The Bertz CT molecular complexity index is 410. The molecule has 0 unspecified atom stereocenters. The number of rotatable bonds is 5. The molecule has 0 saturated carbocycles. The van der Waals surface area contributed by atoms with Crippen molar-refractivity contribution in [2.24, 2.45) is 0 Å². The van der Waals surface area contributed by atoms with Crippen molar-refractivity contribution in [1.29, 1.82) is 0 Å². The van der Waals surface area contributed by atoms with Gasteiger partial charge in [-0.1, -0.05) is 29.8 Å². The van der Waals surface area contributed by atoms with Crippen LogP contribution in [0.3, 0.4) is 0 Å². The van der Waals surface area contributed by atoms with E-state index >= 15 is 0 Å². The SMILES string of the molecule is Cc1cc(C)c(OC/C=C/CC(=O)O)c(C)c1. The molecule has 0 spiro atoms. The van der Waals surface area contributed by atoms with Gasteiger partial charge >= 0.3 is 5.97 Å². The Hall–Kier alpha value is -1.77. The number of carboxylic acids is 1. The Labute approximate surface area is 102 Å². The smallest absolute Gasteiger partial charge is 0.307 e. The predicted molar refractivity (Wildman–Crippen MR) is 67.5 cm³/mol. The molecule has 0 radical (unpaired) electrons. The Kier molecular flexibility index (Phi) is 4.76. The van der Waals surface area contributed by atoms with Crippen LogP contribution in [0.15, 0.2) is 24.3 Å². The molecule has 0 atom stereocenters. The molecule has 0 heterocycles. The molecule has 1 aromatic rings. The molecular weight excluding hydrogens is 216 g/mol. The van der Waals surface area contributed by atoms with Gasteiger partial charge in [0.2, 0.25) is 0 Å². The van der Waals surface area contributed by atoms with Crippen molar-refractivity contribution in [1.82, 2.24) is 0 Å². The molecule has 1 rings (SSSR count). The highest BCUT2D eigenvalue weighted by molar-refractivity contribution is 5.68. The van der Waals surface area contributed by atoms with Crippen molar-refractivity contribution in [2.75, 3.05) is 6.61 Å². The number of ether oxygens (including phenoxy) is 1. The van der Waals surface area contributed by atoms with Crippen molar-refractivity contribution in [3.05, 3.63) is 41.0 Å². The van der Waals surface area contributed by atoms with Crippen LogP contribution in [0.25, 0.3) is 0 Å². The Morgan fingerprint density at radius 3 is 2.35 bits per heavy atom. The maximum Gasteiger partial charge on any atom is 0.307 e. The highest BCUT2D eigenvalue weighted by Gasteiger charge is 2.03. The van der Waals surface area contributed by atoms with Gasteiger partial charge in [-0.25, -0.2) is 0 Å². The lowest BCUT2D eigenvalue weighted by molar-refractivity contribution is -0.136. The first-order chi connectivity index (χ1) is 8.00. The number of carboxylic acid groups (broad SMARTS) is 1. The molecule has 3 nitrogen and oxygen atoms in total. The van der Waals surface area contributed by atoms with Gasteiger partial charge in [0.05, 0.1) is 6.42 Å². The van der Waals surface area contributed by atoms with Crippen molar-refractivity contribution in [2.45, 2.75) is 27.2 Å². The second-order valence-electron chi connectivity index (χ2n) is 4.11. The minimum Gasteiger partial charge on any atom is -0.489 e. The number of hydrogen-bond donors (Lipinski definition) is 1. The molecule has 0 aliphatic rings. The van der Waals surface area contributed by atoms with Gasteiger partial charge in [-0.2, -0.15) is 0 Å². The van der Waals surface area contributed by atoms with Gasteiger partial charge in [-0.15, -0.1) is 0 Å². The third-order valence-corrected chi connectivity index (χ3v) is 2.39. The van der Waals surface area contributed by atoms with Crippen LogP contribution < -0.4 is 4.74 Å². The Morgan fingerprint density at radius 2 is 1.82 bits per heavy atom. The van der Waals surface area contributed by atoms with E-state index < -0.39 is 5.97 Å². The van der Waals surface area contributed by atoms with E-state index in [4.69, 9.17) is 9.84 Å². The topological polar surface area (TPSA) is 46.5 Å². The second-order valence-corrected chi connectivity index (χ2v) is 4.11. The summed E-state index contributed by atoms with van der Waals surface area (Å²) in [6, 6.07) is 4.15. The van der Waals surface area contributed by atoms with E-state index in [-0.39, 0.29) is 6.42 Å². The molecule has 92 valence electrons. The van der Waals surface area contributed by atoms with Crippen LogP contribution in [0.2, 0.25) is 0 Å². The molecule has 0 fully saturated rings. The predicted octanol–water partition coefficient (Wildman–Crippen LogP) is 3.02. The summed E-state index contributed by atoms with van der Waals surface area (Å²) >= 11 is 0. The highest BCUT2D eigenvalue weighted by Crippen LogP contribution is 2.24. The van der Waals surface area contributed by atoms with Crippen LogP contribution in [0, 0.1) is 20.8 Å². The molecule has 0 saturated heterocycles. The number of carbonyl (C=O) groups is 1. The quantitative estimate of drug-likeness (QED) is 0.796. The van der Waals surface area contributed by atoms with Crippen LogP contribution in [0.5, 0.6) is 5.75 Å². The lowest BCUT2D eigenvalue weighted by atomic mass is 10.1. The molecule has 17 heavy (non-hydrogen) atoms. The zero-order valence-corrected chi connectivity index (χ0v) is 10.5. The van der Waals surface area contributed by atoms with E-state index in [1.165, 1.54) is 5.56 Å². The second kappa shape index (κ2) is 6.09. The van der Waals surface area contributed by atoms with Crippen LogP contribution in [0.4, 0.5) is 0 Å². The zero-order chi connectivity index (χ0) is 12.8. The third kappa shape index (κ3) is 4.31. The van der Waals surface area contributed by atoms with Crippen LogP contribution in [-0.2, 0) is 4.79 Å². The van der Waals surface area contributed by atoms with E-state index in [1.54, 1.807) is 12.2 Å². The lowest BCUT2D eigenvalue weighted by Crippen LogP contribution is -1.99. The number of aryl methyl sites for hydroxylation is 3. The summed E-state index contributed by atoms with van der Waals surface area (Å²) in [6.45, 7) is 6.47. The average molecular weight is 234 g/mol. The molecule has 0 bridgehead atoms. The van der Waals surface area contributed by atoms with E-state index in [0.29, 0.717) is 6.61 Å². The monoisotopic (exact) mass is 234 g/mol. The van der Waals surface area contributed by atoms with Gasteiger partial charge in [0.1, 0.15) is 12.4 Å². The molecular formula is C14H18O3. The molecule has 0 aromatic heterocycles. The van der Waals surface area contributed by atoms with Crippen molar-refractivity contribution in [3.8, 4) is 5.75 Å². The first kappa shape index (κ1) is 13.3. The molecule has 3 heteroatoms. The van der Waals surface area contributed by atoms with Gasteiger partial charge in [0, 0.05) is 0 Å². The molecule has 0 amide bonds. The zero-order valence-electron chi connectivity index (χ0n) is 10.5. The van der Waals surface area contributed by atoms with E-state index in [2.05, 4.69) is 19.1 Å². The largest absolute Gasteiger partial charge is 0.489 e. The van der Waals surface area contributed by atoms with Crippen molar-refractivity contribution < 1.29 is 14.6 Å². The normalized spacial score (nSPS) is 10.8. The summed E-state index contributed by atoms with van der Waals surface area (Å²) in [7, 11) is 0. The van der Waals surface area contributed by atoms with Gasteiger partial charge in [-0.05, 0) is 31.9 Å². The lowest BCUT2D eigenvalue weighted by Gasteiger charge is -2.11. The fourth-order valence-corrected chi connectivity index (χ4v) is 1.78. The van der Waals surface area contributed by atoms with Gasteiger partial charge < -0.3 is 9.84 Å². The third-order valence-electron chi connectivity index (χ3n) is 2.39. The Balaban J connectivity index is 2.58. The molecule has 0 aliphatic carbocycles. The number of hydrogen-bond acceptors (Lipinski definition) is 2. The summed E-state index contributed by atoms with van der Waals surface area (Å²) in [5, 5.41) is 8.46. The van der Waals surface area contributed by atoms with Crippen LogP contribution >= 0.6 is 0 Å². The minimum atomic E-state index is -0.830. The van der Waals surface area contributed by atoms with Crippen molar-refractivity contribution >= 4 is 5.97 Å². The maximum atomic E-state index is 10.3. The molecule has 1 N–H and O–H groups in total. The van der Waals surface area contributed by atoms with E-state index in [1.807, 2.05) is 13.8 Å². The highest BCUT2D eigenvalue weighted by atomic mass is 16.5. The maximum absolute atomic E-state index is 10.3. The number of benzene rings is 1. The fourth-order valence-electron chi connectivity index (χ4n) is 1.78. The minimum absolute atomic E-state index is 0.0369. The first-order valence-corrected chi connectivity index (χ1v) is 5.58. The average Bonchev–Trinajstić information content (AvgIpc) is 2.20. The summed E-state index contributed by atoms with van der Waals surface area (Å²) < 4.78 is 5.62. The molecule has 0 aliphatic heterocycles. The van der Waals surface area contributed by atoms with Gasteiger partial charge in [-0.3, -0.25) is 4.79 Å². The summed E-state index contributed by atoms with van der Waals surface area (Å²) in [5.41, 5.74) is 3.43.